The van der Waals surface area contributed by atoms with Gasteiger partial charge < -0.3 is 57.3 Å². The summed E-state index contributed by atoms with van der Waals surface area (Å²) in [5, 5.41) is 28.6. The van der Waals surface area contributed by atoms with E-state index in [1.807, 2.05) is 0 Å². The fourth-order valence-electron chi connectivity index (χ4n) is 13.4. The molecule has 4 saturated carbocycles. The van der Waals surface area contributed by atoms with Crippen LogP contribution in [0.15, 0.2) is 23.0 Å². The van der Waals surface area contributed by atoms with Crippen molar-refractivity contribution in [2.45, 2.75) is 153 Å². The van der Waals surface area contributed by atoms with Crippen molar-refractivity contribution in [2.24, 2.45) is 28.1 Å². The largest absolute Gasteiger partial charge is 0.472 e. The third kappa shape index (κ3) is 4.94. The van der Waals surface area contributed by atoms with Crippen LogP contribution in [0.1, 0.15) is 100 Å². The van der Waals surface area contributed by atoms with Crippen molar-refractivity contribution in [3.05, 3.63) is 24.2 Å². The van der Waals surface area contributed by atoms with E-state index < -0.39 is 141 Å². The van der Waals surface area contributed by atoms with Crippen molar-refractivity contribution in [3.8, 4) is 0 Å². The van der Waals surface area contributed by atoms with Gasteiger partial charge in [-0.3, -0.25) is 28.8 Å². The highest BCUT2D eigenvalue weighted by Gasteiger charge is 3.04. The molecule has 60 heavy (non-hydrogen) atoms. The summed E-state index contributed by atoms with van der Waals surface area (Å²) < 4.78 is 61.5. The predicted molar refractivity (Wildman–Crippen MR) is 194 cm³/mol. The van der Waals surface area contributed by atoms with E-state index in [9.17, 15) is 43.8 Å². The van der Waals surface area contributed by atoms with E-state index in [-0.39, 0.29) is 18.4 Å². The zero-order valence-corrected chi connectivity index (χ0v) is 35.3. The minimum absolute atomic E-state index is 0.0246. The Kier molecular flexibility index (Phi) is 9.75. The van der Waals surface area contributed by atoms with Crippen LogP contribution in [0, 0.1) is 28.1 Å². The van der Waals surface area contributed by atoms with E-state index in [2.05, 4.69) is 0 Å². The van der Waals surface area contributed by atoms with E-state index >= 15 is 0 Å². The molecule has 0 amide bonds. The molecule has 19 heteroatoms. The molecule has 4 aliphatic carbocycles. The molecule has 1 unspecified atom stereocenters. The van der Waals surface area contributed by atoms with Crippen molar-refractivity contribution in [2.75, 3.05) is 7.11 Å². The molecule has 6 fully saturated rings. The molecule has 1 aromatic heterocycles. The second kappa shape index (κ2) is 13.5. The van der Waals surface area contributed by atoms with Gasteiger partial charge in [0.15, 0.2) is 24.1 Å². The van der Waals surface area contributed by atoms with E-state index in [1.54, 1.807) is 13.8 Å². The van der Waals surface area contributed by atoms with E-state index in [1.165, 1.54) is 32.4 Å². The third-order valence-electron chi connectivity index (χ3n) is 14.8. The first kappa shape index (κ1) is 43.5. The Morgan fingerprint density at radius 2 is 1.43 bits per heavy atom. The summed E-state index contributed by atoms with van der Waals surface area (Å²) in [4.78, 5) is 94.1. The second-order valence-electron chi connectivity index (χ2n) is 17.8. The van der Waals surface area contributed by atoms with Gasteiger partial charge in [-0.15, -0.1) is 0 Å². The summed E-state index contributed by atoms with van der Waals surface area (Å²) in [6, 6.07) is 1.50. The van der Waals surface area contributed by atoms with Gasteiger partial charge in [-0.2, -0.15) is 0 Å². The van der Waals surface area contributed by atoms with Crippen molar-refractivity contribution < 1.29 is 90.8 Å². The predicted octanol–water partition coefficient (Wildman–Crippen LogP) is 1.91. The topological polar surface area (TPSA) is 256 Å². The molecular weight excluding hydrogens is 796 g/mol. The maximum atomic E-state index is 14.6. The molecule has 2 saturated heterocycles. The number of hydrogen-bond donors (Lipinski definition) is 2. The van der Waals surface area contributed by atoms with E-state index in [0.717, 1.165) is 48.7 Å². The number of methoxy groups -OCH3 is 1. The molecule has 6 aliphatic rings. The smallest absolute Gasteiger partial charge is 0.347 e. The molecule has 19 nitrogen and oxygen atoms in total. The minimum atomic E-state index is -2.93. The lowest BCUT2D eigenvalue weighted by atomic mass is 9.32. The monoisotopic (exact) mass is 848 g/mol. The zero-order valence-electron chi connectivity index (χ0n) is 35.3. The Balaban J connectivity index is 1.71. The fraction of sp³-hybridized carbons (Fsp3) is 0.732. The Morgan fingerprint density at radius 1 is 0.833 bits per heavy atom. The lowest BCUT2D eigenvalue weighted by Gasteiger charge is -2.77. The van der Waals surface area contributed by atoms with Gasteiger partial charge in [0.05, 0.1) is 25.1 Å². The van der Waals surface area contributed by atoms with Crippen molar-refractivity contribution in [1.29, 1.82) is 0 Å². The minimum Gasteiger partial charge on any atom is -0.472 e. The molecule has 3 heterocycles. The van der Waals surface area contributed by atoms with E-state index in [0.29, 0.717) is 0 Å². The van der Waals surface area contributed by atoms with Crippen LogP contribution >= 0.6 is 0 Å². The molecule has 16 atom stereocenters. The molecule has 2 N–H and O–H groups in total. The van der Waals surface area contributed by atoms with Gasteiger partial charge in [-0.25, -0.2) is 4.79 Å². The number of hydrogen-bond acceptors (Lipinski definition) is 19. The number of aliphatic hydroxyl groups is 2. The van der Waals surface area contributed by atoms with Crippen LogP contribution in [0.3, 0.4) is 0 Å². The SMILES string of the molecule is CCC12C[C@@H]3[C@](C)([C@@H](OC(C)=O)c4ccoc4)[C@@H](OC(C)=O)[C@@H](OC(C)=O)[C@@]4(O)[C@]3(O1)[C@H](O2)[C@@]1(OC(C)=O)[C@@H](OC(C)=O)[C@]2(C)C[C@@]1(O)[C@@]4(C)[C@H]2[C@@H](OC(C)=O)C(=O)OC. The van der Waals surface area contributed by atoms with Gasteiger partial charge in [-0.1, -0.05) is 27.7 Å². The Bertz CT molecular complexity index is 2030. The summed E-state index contributed by atoms with van der Waals surface area (Å²) in [6.45, 7) is 12.5. The van der Waals surface area contributed by atoms with Crippen molar-refractivity contribution in [1.82, 2.24) is 0 Å². The number of esters is 7. The summed E-state index contributed by atoms with van der Waals surface area (Å²) in [6.07, 6.45) is -8.97. The van der Waals surface area contributed by atoms with Crippen LogP contribution in [0.5, 0.6) is 0 Å². The number of fused-ring (bicyclic) bond motifs is 4. The standard InChI is InChI=1S/C41H52O19/c1-12-37-15-25-35(9,28(54-19(3)43)24-13-14-52-16-24)29(55-20(4)44)30(56-21(5)45)41(50)36(10)27(26(31(48)51-11)53-18(2)42)34(8)17-38(36,49)40(58-23(7)47,32(34)57-22(6)46)33(59-37)39(25,41)60-37/h13-14,16,25-30,32-33,49-50H,12,15,17H2,1-11H3/t25-,26-,27+,28+,29+,30-,32+,33+,34-,35-,36-,37?,38-,39-,40+,41+/m1/s1. The van der Waals surface area contributed by atoms with Crippen LogP contribution in [-0.2, 0) is 76.2 Å². The van der Waals surface area contributed by atoms with Gasteiger partial charge in [0, 0.05) is 76.2 Å². The third-order valence-corrected chi connectivity index (χ3v) is 14.8. The second-order valence-corrected chi connectivity index (χ2v) is 17.8. The highest BCUT2D eigenvalue weighted by Crippen LogP contribution is 2.87. The first-order valence-electron chi connectivity index (χ1n) is 19.8. The lowest BCUT2D eigenvalue weighted by molar-refractivity contribution is -0.442. The summed E-state index contributed by atoms with van der Waals surface area (Å²) >= 11 is 0. The van der Waals surface area contributed by atoms with Crippen LogP contribution in [0.4, 0.5) is 0 Å². The Labute approximate surface area is 344 Å². The highest BCUT2D eigenvalue weighted by atomic mass is 16.8. The van der Waals surface area contributed by atoms with Gasteiger partial charge >= 0.3 is 41.8 Å². The number of rotatable bonds is 11. The molecule has 0 radical (unpaired) electrons. The zero-order chi connectivity index (χ0) is 44.6. The molecule has 1 aromatic rings. The van der Waals surface area contributed by atoms with Gasteiger partial charge in [0.1, 0.15) is 29.0 Å². The average molecular weight is 849 g/mol. The maximum absolute atomic E-state index is 14.6. The van der Waals surface area contributed by atoms with Crippen LogP contribution in [-0.4, -0.2) is 118 Å². The summed E-state index contributed by atoms with van der Waals surface area (Å²) in [5.74, 6) is -11.5. The van der Waals surface area contributed by atoms with Gasteiger partial charge in [0.25, 0.3) is 0 Å². The van der Waals surface area contributed by atoms with Crippen LogP contribution < -0.4 is 0 Å². The van der Waals surface area contributed by atoms with Gasteiger partial charge in [0.2, 0.25) is 11.7 Å². The normalized spacial score (nSPS) is 44.8. The van der Waals surface area contributed by atoms with E-state index in [4.69, 9.17) is 47.0 Å². The molecule has 2 aliphatic heterocycles. The Hall–Kier alpha value is -4.59. The summed E-state index contributed by atoms with van der Waals surface area (Å²) in [7, 11) is 1.02. The van der Waals surface area contributed by atoms with Crippen molar-refractivity contribution in [3.63, 3.8) is 0 Å². The highest BCUT2D eigenvalue weighted by molar-refractivity contribution is 5.80. The molecule has 330 valence electrons. The molecule has 7 rings (SSSR count). The number of ether oxygens (including phenoxy) is 9. The van der Waals surface area contributed by atoms with Crippen LogP contribution in [0.25, 0.3) is 0 Å². The molecule has 0 aromatic carbocycles. The number of carbonyl (C=O) groups is 7. The average Bonchev–Trinajstić information content (AvgIpc) is 3.94. The first-order chi connectivity index (χ1) is 27.8. The molecule has 4 bridgehead atoms. The molecule has 1 spiro atoms. The summed E-state index contributed by atoms with van der Waals surface area (Å²) in [5.41, 5.74) is -16.4. The van der Waals surface area contributed by atoms with Crippen molar-refractivity contribution >= 4 is 41.8 Å². The lowest BCUT2D eigenvalue weighted by Crippen LogP contribution is -2.97. The van der Waals surface area contributed by atoms with Crippen LogP contribution in [0.2, 0.25) is 0 Å². The van der Waals surface area contributed by atoms with Gasteiger partial charge in [-0.05, 0) is 18.9 Å². The maximum Gasteiger partial charge on any atom is 0.347 e. The first-order valence-corrected chi connectivity index (χ1v) is 19.8. The molecular formula is C41H52O19. The number of furan rings is 1. The number of carbonyl (C=O) groups excluding carboxylic acids is 7. The fourth-order valence-corrected chi connectivity index (χ4v) is 13.4. The Morgan fingerprint density at radius 3 is 1.93 bits per heavy atom. The quantitative estimate of drug-likeness (QED) is 0.238.